The van der Waals surface area contributed by atoms with Gasteiger partial charge in [-0.15, -0.1) is 0 Å². The van der Waals surface area contributed by atoms with E-state index in [1.54, 1.807) is 6.07 Å². The van der Waals surface area contributed by atoms with Crippen LogP contribution in [0.2, 0.25) is 0 Å². The molecule has 1 aromatic heterocycles. The Kier molecular flexibility index (Phi) is 5.31. The van der Waals surface area contributed by atoms with Crippen molar-refractivity contribution in [3.63, 3.8) is 0 Å². The Labute approximate surface area is 175 Å². The Morgan fingerprint density at radius 1 is 1.03 bits per heavy atom. The zero-order valence-electron chi connectivity index (χ0n) is 16.8. The molecule has 4 rings (SSSR count). The highest BCUT2D eigenvalue weighted by Gasteiger charge is 2.27. The molecule has 0 radical (unpaired) electrons. The average molecular weight is 426 g/mol. The second-order valence-corrected chi connectivity index (χ2v) is 9.29. The van der Waals surface area contributed by atoms with Crippen LogP contribution in [0.5, 0.6) is 0 Å². The number of fused-ring (bicyclic) bond motifs is 1. The molecule has 156 valence electrons. The summed E-state index contributed by atoms with van der Waals surface area (Å²) in [6.07, 6.45) is 0. The molecular formula is C22H22N2O5S. The fourth-order valence-corrected chi connectivity index (χ4v) is 4.96. The maximum Gasteiger partial charge on any atom is 0.336 e. The van der Waals surface area contributed by atoms with Crippen molar-refractivity contribution in [3.8, 4) is 11.3 Å². The number of carboxylic acids is 1. The molecule has 1 saturated heterocycles. The van der Waals surface area contributed by atoms with Gasteiger partial charge in [-0.1, -0.05) is 12.1 Å². The smallest absolute Gasteiger partial charge is 0.336 e. The highest BCUT2D eigenvalue weighted by Crippen LogP contribution is 2.29. The lowest BCUT2D eigenvalue weighted by molar-refractivity contribution is 0.0699. The number of pyridine rings is 1. The van der Waals surface area contributed by atoms with Crippen LogP contribution in [0.25, 0.3) is 22.2 Å². The van der Waals surface area contributed by atoms with Gasteiger partial charge in [0.25, 0.3) is 0 Å². The number of hydrogen-bond acceptors (Lipinski definition) is 5. The number of benzene rings is 2. The molecule has 3 aromatic rings. The molecule has 1 aliphatic heterocycles. The van der Waals surface area contributed by atoms with Crippen molar-refractivity contribution in [1.82, 2.24) is 9.29 Å². The molecule has 0 saturated carbocycles. The van der Waals surface area contributed by atoms with Gasteiger partial charge in [-0.3, -0.25) is 0 Å². The lowest BCUT2D eigenvalue weighted by atomic mass is 10.0. The number of nitrogens with zero attached hydrogens (tertiary/aromatic N) is 2. The van der Waals surface area contributed by atoms with Gasteiger partial charge in [0, 0.05) is 24.0 Å². The number of carbonyl (C=O) groups is 1. The van der Waals surface area contributed by atoms with Gasteiger partial charge in [0.15, 0.2) is 0 Å². The molecule has 2 heterocycles. The van der Waals surface area contributed by atoms with Gasteiger partial charge >= 0.3 is 5.97 Å². The topological polar surface area (TPSA) is 96.8 Å². The summed E-state index contributed by atoms with van der Waals surface area (Å²) >= 11 is 0. The maximum atomic E-state index is 13.0. The summed E-state index contributed by atoms with van der Waals surface area (Å²) in [5, 5.41) is 10.1. The highest BCUT2D eigenvalue weighted by molar-refractivity contribution is 7.89. The summed E-state index contributed by atoms with van der Waals surface area (Å²) in [6.45, 7) is 5.22. The van der Waals surface area contributed by atoms with Gasteiger partial charge in [-0.2, -0.15) is 4.31 Å². The molecule has 1 fully saturated rings. The van der Waals surface area contributed by atoms with Gasteiger partial charge < -0.3 is 9.84 Å². The average Bonchev–Trinajstić information content (AvgIpc) is 2.75. The van der Waals surface area contributed by atoms with E-state index in [9.17, 15) is 18.3 Å². The normalized spacial score (nSPS) is 15.4. The van der Waals surface area contributed by atoms with E-state index < -0.39 is 16.0 Å². The number of sulfonamides is 1. The quantitative estimate of drug-likeness (QED) is 0.688. The molecule has 0 spiro atoms. The molecule has 1 aliphatic rings. The second-order valence-electron chi connectivity index (χ2n) is 7.35. The number of aromatic nitrogens is 1. The molecule has 7 nitrogen and oxygen atoms in total. The predicted molar refractivity (Wildman–Crippen MR) is 113 cm³/mol. The van der Waals surface area contributed by atoms with Gasteiger partial charge in [-0.25, -0.2) is 18.2 Å². The van der Waals surface area contributed by atoms with E-state index in [2.05, 4.69) is 4.98 Å². The summed E-state index contributed by atoms with van der Waals surface area (Å²) in [6, 6.07) is 11.8. The fourth-order valence-electron chi connectivity index (χ4n) is 3.53. The molecule has 0 bridgehead atoms. The SMILES string of the molecule is Cc1ccc(-c2cc(C(=O)O)c3cc(S(=O)(=O)N4CCOCC4)ccc3n2)cc1C. The van der Waals surface area contributed by atoms with Gasteiger partial charge in [0.1, 0.15) is 0 Å². The monoisotopic (exact) mass is 426 g/mol. The van der Waals surface area contributed by atoms with Crippen molar-refractivity contribution >= 4 is 26.9 Å². The van der Waals surface area contributed by atoms with Crippen LogP contribution in [-0.4, -0.2) is 55.1 Å². The lowest BCUT2D eigenvalue weighted by Crippen LogP contribution is -2.40. The first kappa shape index (κ1) is 20.5. The Bertz CT molecular complexity index is 1250. The van der Waals surface area contributed by atoms with E-state index in [-0.39, 0.29) is 23.5 Å². The number of morpholine rings is 1. The van der Waals surface area contributed by atoms with Gasteiger partial charge in [0.05, 0.1) is 34.9 Å². The molecule has 0 aliphatic carbocycles. The summed E-state index contributed by atoms with van der Waals surface area (Å²) in [4.78, 5) is 16.6. The first-order valence-corrected chi connectivity index (χ1v) is 11.0. The summed E-state index contributed by atoms with van der Waals surface area (Å²) < 4.78 is 32.5. The van der Waals surface area contributed by atoms with Crippen molar-refractivity contribution < 1.29 is 23.1 Å². The van der Waals surface area contributed by atoms with Crippen LogP contribution < -0.4 is 0 Å². The standard InChI is InChI=1S/C22H22N2O5S/c1-14-3-4-16(11-15(14)2)21-13-19(22(25)26)18-12-17(5-6-20(18)23-21)30(27,28)24-7-9-29-10-8-24/h3-6,11-13H,7-10H2,1-2H3,(H,25,26). The van der Waals surface area contributed by atoms with E-state index in [1.165, 1.54) is 22.5 Å². The fraction of sp³-hybridized carbons (Fsp3) is 0.273. The van der Waals surface area contributed by atoms with Crippen LogP contribution in [0.1, 0.15) is 21.5 Å². The minimum absolute atomic E-state index is 0.0206. The predicted octanol–water partition coefficient (Wildman–Crippen LogP) is 3.24. The van der Waals surface area contributed by atoms with E-state index in [1.807, 2.05) is 32.0 Å². The molecule has 0 atom stereocenters. The Balaban J connectivity index is 1.85. The zero-order valence-corrected chi connectivity index (χ0v) is 17.6. The summed E-state index contributed by atoms with van der Waals surface area (Å²) in [7, 11) is -3.74. The van der Waals surface area contributed by atoms with Crippen LogP contribution in [0.4, 0.5) is 0 Å². The largest absolute Gasteiger partial charge is 0.478 e. The number of aryl methyl sites for hydroxylation is 2. The van der Waals surface area contributed by atoms with Crippen LogP contribution >= 0.6 is 0 Å². The Hall–Kier alpha value is -2.81. The van der Waals surface area contributed by atoms with E-state index in [4.69, 9.17) is 4.74 Å². The van der Waals surface area contributed by atoms with E-state index >= 15 is 0 Å². The van der Waals surface area contributed by atoms with Crippen molar-refractivity contribution in [2.75, 3.05) is 26.3 Å². The number of aromatic carboxylic acids is 1. The number of rotatable bonds is 4. The summed E-state index contributed by atoms with van der Waals surface area (Å²) in [5.41, 5.74) is 4.02. The number of carboxylic acid groups (broad SMARTS) is 1. The minimum atomic E-state index is -3.74. The van der Waals surface area contributed by atoms with Crippen LogP contribution in [0.15, 0.2) is 47.4 Å². The van der Waals surface area contributed by atoms with Crippen molar-refractivity contribution in [2.45, 2.75) is 18.7 Å². The Morgan fingerprint density at radius 2 is 1.77 bits per heavy atom. The maximum absolute atomic E-state index is 13.0. The molecule has 2 aromatic carbocycles. The molecular weight excluding hydrogens is 404 g/mol. The first-order chi connectivity index (χ1) is 14.3. The molecule has 8 heteroatoms. The molecule has 30 heavy (non-hydrogen) atoms. The van der Waals surface area contributed by atoms with Crippen LogP contribution in [0, 0.1) is 13.8 Å². The third-order valence-electron chi connectivity index (χ3n) is 5.42. The van der Waals surface area contributed by atoms with Crippen molar-refractivity contribution in [2.24, 2.45) is 0 Å². The van der Waals surface area contributed by atoms with E-state index in [0.717, 1.165) is 16.7 Å². The van der Waals surface area contributed by atoms with Crippen molar-refractivity contribution in [3.05, 3.63) is 59.2 Å². The van der Waals surface area contributed by atoms with E-state index in [0.29, 0.717) is 29.8 Å². The van der Waals surface area contributed by atoms with Gasteiger partial charge in [-0.05, 0) is 55.3 Å². The first-order valence-electron chi connectivity index (χ1n) is 9.61. The van der Waals surface area contributed by atoms with Crippen LogP contribution in [-0.2, 0) is 14.8 Å². The molecule has 0 amide bonds. The third-order valence-corrected chi connectivity index (χ3v) is 7.32. The second kappa shape index (κ2) is 7.79. The summed E-state index contributed by atoms with van der Waals surface area (Å²) in [5.74, 6) is -1.13. The van der Waals surface area contributed by atoms with Crippen LogP contribution in [0.3, 0.4) is 0 Å². The third kappa shape index (κ3) is 3.69. The molecule has 1 N–H and O–H groups in total. The Morgan fingerprint density at radius 3 is 2.43 bits per heavy atom. The highest BCUT2D eigenvalue weighted by atomic mass is 32.2. The molecule has 0 unspecified atom stereocenters. The zero-order chi connectivity index (χ0) is 21.5. The van der Waals surface area contributed by atoms with Crippen molar-refractivity contribution in [1.29, 1.82) is 0 Å². The number of hydrogen-bond donors (Lipinski definition) is 1. The minimum Gasteiger partial charge on any atom is -0.478 e. The lowest BCUT2D eigenvalue weighted by Gasteiger charge is -2.26. The number of ether oxygens (including phenoxy) is 1. The van der Waals surface area contributed by atoms with Gasteiger partial charge in [0.2, 0.25) is 10.0 Å².